The van der Waals surface area contributed by atoms with Gasteiger partial charge in [-0.25, -0.2) is 0 Å². The Labute approximate surface area is 374 Å². The van der Waals surface area contributed by atoms with E-state index in [0.717, 1.165) is 38.5 Å². The SMILES string of the molecule is CC(=O)CCOCCOCCOCCOCCOCCOCCOCCOCCNC(=O)CC[C@H](CC(=O)CCCCCCCCCCCCCCCCCCC(=O)O)C(C)=O. The Morgan fingerprint density at radius 2 is 0.726 bits per heavy atom. The molecule has 0 saturated carbocycles. The molecule has 62 heavy (non-hydrogen) atoms. The Morgan fingerprint density at radius 3 is 1.06 bits per heavy atom. The maximum atomic E-state index is 12.6. The van der Waals surface area contributed by atoms with Gasteiger partial charge in [0.05, 0.1) is 106 Å². The number of aliphatic carboxylic acids is 1. The first-order valence-corrected chi connectivity index (χ1v) is 23.8. The van der Waals surface area contributed by atoms with E-state index in [2.05, 4.69) is 5.32 Å². The minimum Gasteiger partial charge on any atom is -0.481 e. The first-order chi connectivity index (χ1) is 30.2. The zero-order chi connectivity index (χ0) is 45.4. The zero-order valence-electron chi connectivity index (χ0n) is 38.9. The Balaban J connectivity index is 3.48. The third kappa shape index (κ3) is 48.7. The number of hydrogen-bond acceptors (Lipinski definition) is 13. The summed E-state index contributed by atoms with van der Waals surface area (Å²) in [5.74, 6) is -1.07. The van der Waals surface area contributed by atoms with Gasteiger partial charge in [0.2, 0.25) is 5.91 Å². The Hall–Kier alpha value is -2.37. The van der Waals surface area contributed by atoms with Crippen molar-refractivity contribution in [3.63, 3.8) is 0 Å². The van der Waals surface area contributed by atoms with E-state index in [4.69, 9.17) is 43.0 Å². The van der Waals surface area contributed by atoms with Gasteiger partial charge in [-0.1, -0.05) is 89.9 Å². The molecule has 0 rings (SSSR count). The van der Waals surface area contributed by atoms with E-state index in [1.807, 2.05) is 0 Å². The van der Waals surface area contributed by atoms with Gasteiger partial charge in [-0.05, 0) is 33.1 Å². The summed E-state index contributed by atoms with van der Waals surface area (Å²) in [5, 5.41) is 11.5. The molecule has 0 fully saturated rings. The first kappa shape index (κ1) is 59.6. The smallest absolute Gasteiger partial charge is 0.303 e. The van der Waals surface area contributed by atoms with Crippen LogP contribution in [0.5, 0.6) is 0 Å². The van der Waals surface area contributed by atoms with Crippen LogP contribution in [0, 0.1) is 5.92 Å². The minimum atomic E-state index is -0.691. The third-order valence-corrected chi connectivity index (χ3v) is 10.1. The molecule has 15 heteroatoms. The average molecular weight is 890 g/mol. The molecule has 0 unspecified atom stereocenters. The van der Waals surface area contributed by atoms with Crippen LogP contribution in [0.4, 0.5) is 0 Å². The number of Topliss-reactive ketones (excluding diaryl/α,β-unsaturated/α-hetero) is 3. The lowest BCUT2D eigenvalue weighted by atomic mass is 9.91. The van der Waals surface area contributed by atoms with Gasteiger partial charge in [0, 0.05) is 44.6 Å². The molecule has 1 amide bonds. The van der Waals surface area contributed by atoms with Gasteiger partial charge in [-0.15, -0.1) is 0 Å². The molecule has 0 aromatic rings. The summed E-state index contributed by atoms with van der Waals surface area (Å²) in [6.45, 7) is 10.6. The van der Waals surface area contributed by atoms with E-state index in [1.54, 1.807) is 6.92 Å². The van der Waals surface area contributed by atoms with Crippen LogP contribution in [0.3, 0.4) is 0 Å². The van der Waals surface area contributed by atoms with Crippen molar-refractivity contribution in [1.82, 2.24) is 5.32 Å². The van der Waals surface area contributed by atoms with Gasteiger partial charge < -0.3 is 48.3 Å². The summed E-state index contributed by atoms with van der Waals surface area (Å²) in [4.78, 5) is 58.4. The van der Waals surface area contributed by atoms with Gasteiger partial charge in [-0.2, -0.15) is 0 Å². The van der Waals surface area contributed by atoms with Crippen molar-refractivity contribution in [3.8, 4) is 0 Å². The van der Waals surface area contributed by atoms with Crippen LogP contribution in [0.15, 0.2) is 0 Å². The predicted molar refractivity (Wildman–Crippen MR) is 239 cm³/mol. The molecule has 0 aromatic heterocycles. The zero-order valence-corrected chi connectivity index (χ0v) is 38.9. The van der Waals surface area contributed by atoms with Gasteiger partial charge >= 0.3 is 5.97 Å². The summed E-state index contributed by atoms with van der Waals surface area (Å²) in [6, 6.07) is 0. The highest BCUT2D eigenvalue weighted by Gasteiger charge is 2.19. The summed E-state index contributed by atoms with van der Waals surface area (Å²) < 4.78 is 43.6. The molecule has 0 saturated heterocycles. The van der Waals surface area contributed by atoms with Gasteiger partial charge in [-0.3, -0.25) is 24.0 Å². The second kappa shape index (κ2) is 48.1. The highest BCUT2D eigenvalue weighted by atomic mass is 16.6. The molecule has 1 atom stereocenters. The third-order valence-electron chi connectivity index (χ3n) is 10.1. The molecule has 0 spiro atoms. The molecule has 0 radical (unpaired) electrons. The number of hydrogen-bond donors (Lipinski definition) is 2. The molecule has 2 N–H and O–H groups in total. The second-order valence-electron chi connectivity index (χ2n) is 15.8. The Morgan fingerprint density at radius 1 is 0.403 bits per heavy atom. The molecule has 0 aliphatic rings. The van der Waals surface area contributed by atoms with Gasteiger partial charge in [0.1, 0.15) is 17.3 Å². The molecule has 364 valence electrons. The number of carbonyl (C=O) groups is 5. The van der Waals surface area contributed by atoms with Crippen LogP contribution in [0.1, 0.15) is 155 Å². The summed E-state index contributed by atoms with van der Waals surface area (Å²) in [6.07, 6.45) is 20.7. The van der Waals surface area contributed by atoms with Crippen molar-refractivity contribution in [1.29, 1.82) is 0 Å². The maximum absolute atomic E-state index is 12.6. The molecule has 0 aliphatic heterocycles. The highest BCUT2D eigenvalue weighted by molar-refractivity contribution is 5.87. The van der Waals surface area contributed by atoms with E-state index in [9.17, 15) is 24.0 Å². The number of ketones is 3. The lowest BCUT2D eigenvalue weighted by Gasteiger charge is -2.13. The molecule has 15 nitrogen and oxygen atoms in total. The van der Waals surface area contributed by atoms with Crippen LogP contribution < -0.4 is 5.32 Å². The van der Waals surface area contributed by atoms with Crippen LogP contribution >= 0.6 is 0 Å². The number of amides is 1. The lowest BCUT2D eigenvalue weighted by Crippen LogP contribution is -2.28. The van der Waals surface area contributed by atoms with Crippen molar-refractivity contribution < 1.29 is 67.0 Å². The molecular weight excluding hydrogens is 803 g/mol. The van der Waals surface area contributed by atoms with Crippen molar-refractivity contribution in [3.05, 3.63) is 0 Å². The number of carboxylic acid groups (broad SMARTS) is 1. The maximum Gasteiger partial charge on any atom is 0.303 e. The number of unbranched alkanes of at least 4 members (excludes halogenated alkanes) is 15. The predicted octanol–water partition coefficient (Wildman–Crippen LogP) is 7.27. The molecule has 0 bridgehead atoms. The first-order valence-electron chi connectivity index (χ1n) is 23.8. The van der Waals surface area contributed by atoms with Crippen LogP contribution in [0.2, 0.25) is 0 Å². The van der Waals surface area contributed by atoms with E-state index in [-0.39, 0.29) is 36.1 Å². The number of rotatable bonds is 52. The summed E-state index contributed by atoms with van der Waals surface area (Å²) in [5.41, 5.74) is 0. The lowest BCUT2D eigenvalue weighted by molar-refractivity contribution is -0.137. The number of carboxylic acids is 1. The monoisotopic (exact) mass is 890 g/mol. The Kier molecular flexibility index (Phi) is 46.3. The van der Waals surface area contributed by atoms with Gasteiger partial charge in [0.15, 0.2) is 0 Å². The van der Waals surface area contributed by atoms with Crippen molar-refractivity contribution >= 4 is 29.2 Å². The van der Waals surface area contributed by atoms with Crippen LogP contribution in [-0.4, -0.2) is 147 Å². The standard InChI is InChI=1S/C47H87NO14/c1-42(49)23-25-55-27-29-57-31-33-59-35-37-61-39-40-62-38-36-60-34-32-58-30-28-56-26-24-48-46(52)22-21-44(43(2)50)41-45(51)19-17-15-13-11-9-7-5-3-4-6-8-10-12-14-16-18-20-47(53)54/h44H,3-41H2,1-2H3,(H,48,52)(H,53,54)/t44-/m1/s1. The highest BCUT2D eigenvalue weighted by Crippen LogP contribution is 2.17. The van der Waals surface area contributed by atoms with E-state index in [0.29, 0.717) is 138 Å². The van der Waals surface area contributed by atoms with Gasteiger partial charge in [0.25, 0.3) is 0 Å². The number of nitrogens with one attached hydrogen (secondary N) is 1. The molecular formula is C47H87NO14. The van der Waals surface area contributed by atoms with E-state index in [1.165, 1.54) is 71.1 Å². The average Bonchev–Trinajstić information content (AvgIpc) is 3.24. The van der Waals surface area contributed by atoms with Crippen LogP contribution in [0.25, 0.3) is 0 Å². The van der Waals surface area contributed by atoms with E-state index >= 15 is 0 Å². The number of carbonyl (C=O) groups excluding carboxylic acids is 4. The van der Waals surface area contributed by atoms with Crippen molar-refractivity contribution in [2.24, 2.45) is 5.92 Å². The fourth-order valence-corrected chi connectivity index (χ4v) is 6.41. The molecule has 0 aliphatic carbocycles. The fourth-order valence-electron chi connectivity index (χ4n) is 6.41. The second-order valence-corrected chi connectivity index (χ2v) is 15.8. The largest absolute Gasteiger partial charge is 0.481 e. The quantitative estimate of drug-likeness (QED) is 0.0580. The van der Waals surface area contributed by atoms with Crippen LogP contribution in [-0.2, 0) is 61.9 Å². The summed E-state index contributed by atoms with van der Waals surface area (Å²) >= 11 is 0. The fraction of sp³-hybridized carbons (Fsp3) is 0.894. The molecule has 0 heterocycles. The number of ether oxygens (including phenoxy) is 8. The summed E-state index contributed by atoms with van der Waals surface area (Å²) in [7, 11) is 0. The topological polar surface area (TPSA) is 191 Å². The normalized spacial score (nSPS) is 11.8. The Bertz CT molecular complexity index is 1060. The van der Waals surface area contributed by atoms with E-state index < -0.39 is 11.9 Å². The molecule has 0 aromatic carbocycles. The minimum absolute atomic E-state index is 0.0422. The van der Waals surface area contributed by atoms with Crippen molar-refractivity contribution in [2.45, 2.75) is 155 Å². The van der Waals surface area contributed by atoms with Crippen molar-refractivity contribution in [2.75, 3.05) is 112 Å².